The van der Waals surface area contributed by atoms with Crippen molar-refractivity contribution in [3.63, 3.8) is 0 Å². The molecule has 0 aliphatic carbocycles. The molecule has 0 atom stereocenters. The maximum atomic E-state index is 8.85. The fraction of sp³-hybridized carbons (Fsp3) is 0.323. The summed E-state index contributed by atoms with van der Waals surface area (Å²) < 4.78 is 36.9. The second-order valence-corrected chi connectivity index (χ2v) is 9.53. The standard InChI is InChI=1S/C31H37N2/c1-7-32-26-20-16-14-18-24(26)30(3,4)28(32)22-12-10-9-11-13-23-29-31(5,6)25-19-15-17-21-27(25)33(29)8-2/h9-23H,7-8H2,1-6H3/q+1/i10D,11D,22D,23D. The van der Waals surface area contributed by atoms with Gasteiger partial charge in [0.15, 0.2) is 5.71 Å². The molecule has 0 spiro atoms. The van der Waals surface area contributed by atoms with Gasteiger partial charge in [-0.3, -0.25) is 0 Å². The topological polar surface area (TPSA) is 6.25 Å². The van der Waals surface area contributed by atoms with Gasteiger partial charge in [0.1, 0.15) is 6.54 Å². The maximum absolute atomic E-state index is 8.85. The van der Waals surface area contributed by atoms with Gasteiger partial charge in [0.2, 0.25) is 5.69 Å². The van der Waals surface area contributed by atoms with Gasteiger partial charge in [-0.05, 0) is 45.4 Å². The molecule has 0 saturated carbocycles. The number of rotatable bonds is 6. The molecule has 0 aromatic heterocycles. The van der Waals surface area contributed by atoms with Crippen LogP contribution in [0.1, 0.15) is 58.2 Å². The predicted molar refractivity (Wildman–Crippen MR) is 143 cm³/mol. The Labute approximate surface area is 205 Å². The Morgan fingerprint density at radius 1 is 0.848 bits per heavy atom. The fourth-order valence-corrected chi connectivity index (χ4v) is 5.17. The van der Waals surface area contributed by atoms with Gasteiger partial charge in [0.05, 0.1) is 10.9 Å². The molecule has 2 nitrogen and oxygen atoms in total. The highest BCUT2D eigenvalue weighted by Gasteiger charge is 2.43. The lowest BCUT2D eigenvalue weighted by atomic mass is 9.81. The van der Waals surface area contributed by atoms with E-state index in [4.69, 9.17) is 5.48 Å². The summed E-state index contributed by atoms with van der Waals surface area (Å²) in [6, 6.07) is 17.1. The van der Waals surface area contributed by atoms with Crippen molar-refractivity contribution >= 4 is 17.1 Å². The Morgan fingerprint density at radius 2 is 1.52 bits per heavy atom. The number of nitrogens with zero attached hydrogens (tertiary/aromatic N) is 2. The number of hydrogen-bond acceptors (Lipinski definition) is 1. The van der Waals surface area contributed by atoms with Crippen molar-refractivity contribution in [2.45, 2.75) is 52.4 Å². The van der Waals surface area contributed by atoms with Crippen LogP contribution in [0.4, 0.5) is 11.4 Å². The summed E-state index contributed by atoms with van der Waals surface area (Å²) in [5, 5.41) is 0. The third-order valence-electron chi connectivity index (χ3n) is 6.84. The van der Waals surface area contributed by atoms with Gasteiger partial charge in [-0.1, -0.05) is 80.6 Å². The van der Waals surface area contributed by atoms with Crippen LogP contribution in [0.15, 0.2) is 96.7 Å². The van der Waals surface area contributed by atoms with Crippen molar-refractivity contribution in [3.8, 4) is 0 Å². The lowest BCUT2D eigenvalue weighted by Gasteiger charge is -2.25. The molecule has 0 N–H and O–H groups in total. The summed E-state index contributed by atoms with van der Waals surface area (Å²) in [5.41, 5.74) is 5.56. The van der Waals surface area contributed by atoms with Gasteiger partial charge >= 0.3 is 0 Å². The zero-order valence-electron chi connectivity index (χ0n) is 24.7. The monoisotopic (exact) mass is 441 g/mol. The molecule has 0 radical (unpaired) electrons. The molecule has 0 amide bonds. The minimum absolute atomic E-state index is 0.0701. The highest BCUT2D eigenvalue weighted by atomic mass is 15.2. The van der Waals surface area contributed by atoms with Crippen molar-refractivity contribution in [2.75, 3.05) is 18.0 Å². The molecule has 2 aromatic rings. The number of para-hydroxylation sites is 2. The molecule has 0 bridgehead atoms. The molecule has 0 unspecified atom stereocenters. The highest BCUT2D eigenvalue weighted by molar-refractivity contribution is 6.03. The molecule has 0 fully saturated rings. The summed E-state index contributed by atoms with van der Waals surface area (Å²) in [6.07, 6.45) is 4.44. The van der Waals surface area contributed by atoms with Crippen LogP contribution in [-0.2, 0) is 10.8 Å². The first kappa shape index (κ1) is 18.3. The Balaban J connectivity index is 1.68. The van der Waals surface area contributed by atoms with Crippen LogP contribution in [0.5, 0.6) is 0 Å². The lowest BCUT2D eigenvalue weighted by molar-refractivity contribution is -0.433. The molecule has 2 heterocycles. The van der Waals surface area contributed by atoms with Gasteiger partial charge in [-0.2, -0.15) is 4.58 Å². The van der Waals surface area contributed by atoms with Gasteiger partial charge < -0.3 is 4.90 Å². The number of benzene rings is 2. The normalized spacial score (nSPS) is 23.0. The Morgan fingerprint density at radius 3 is 2.24 bits per heavy atom. The molecule has 0 saturated heterocycles. The average Bonchev–Trinajstić information content (AvgIpc) is 3.22. The van der Waals surface area contributed by atoms with E-state index in [0.29, 0.717) is 0 Å². The van der Waals surface area contributed by atoms with E-state index in [1.807, 2.05) is 24.3 Å². The largest absolute Gasteiger partial charge is 0.344 e. The van der Waals surface area contributed by atoms with E-state index in [9.17, 15) is 0 Å². The second kappa shape index (κ2) is 9.02. The summed E-state index contributed by atoms with van der Waals surface area (Å²) in [6.45, 7) is 14.1. The van der Waals surface area contributed by atoms with Crippen molar-refractivity contribution < 1.29 is 10.1 Å². The number of anilines is 1. The van der Waals surface area contributed by atoms with E-state index in [1.165, 1.54) is 29.4 Å². The number of likely N-dealkylation sites (N-methyl/N-ethyl adjacent to an activating group) is 1. The molecule has 33 heavy (non-hydrogen) atoms. The van der Waals surface area contributed by atoms with Gasteiger partial charge in [-0.25, -0.2) is 0 Å². The summed E-state index contributed by atoms with van der Waals surface area (Å²) in [7, 11) is 0. The first-order valence-electron chi connectivity index (χ1n) is 13.8. The molecule has 2 aliphatic heterocycles. The van der Waals surface area contributed by atoms with Crippen LogP contribution >= 0.6 is 0 Å². The van der Waals surface area contributed by atoms with Crippen LogP contribution in [-0.4, -0.2) is 23.4 Å². The Hall–Kier alpha value is -3.13. The molecule has 170 valence electrons. The third kappa shape index (κ3) is 3.93. The molecule has 2 aromatic carbocycles. The van der Waals surface area contributed by atoms with E-state index in [0.717, 1.165) is 35.9 Å². The zero-order chi connectivity index (χ0) is 27.1. The SMILES string of the molecule is [2H]C(=C\C([2H])=C\C([2H])=C1\N(CC)c2ccccc2C1(C)C)/C=C(\[2H])C1=[N+](CC)c2ccccc2C1(C)C. The number of fused-ring (bicyclic) bond motifs is 2. The molecular formula is C31H37N2+. The first-order valence-corrected chi connectivity index (χ1v) is 11.8. The quantitative estimate of drug-likeness (QED) is 0.333. The van der Waals surface area contributed by atoms with Crippen LogP contribution in [0.2, 0.25) is 0 Å². The van der Waals surface area contributed by atoms with Crippen molar-refractivity contribution in [1.29, 1.82) is 0 Å². The Bertz CT molecular complexity index is 1390. The average molecular weight is 442 g/mol. The lowest BCUT2D eigenvalue weighted by Crippen LogP contribution is -2.27. The van der Waals surface area contributed by atoms with Gasteiger partial charge in [0, 0.05) is 41.0 Å². The first-order chi connectivity index (χ1) is 17.4. The van der Waals surface area contributed by atoms with E-state index < -0.39 is 0 Å². The molecule has 4 rings (SSSR count). The van der Waals surface area contributed by atoms with Crippen LogP contribution < -0.4 is 4.90 Å². The van der Waals surface area contributed by atoms with E-state index in [1.54, 1.807) is 0 Å². The number of hydrogen-bond donors (Lipinski definition) is 0. The summed E-state index contributed by atoms with van der Waals surface area (Å²) >= 11 is 0. The maximum Gasteiger partial charge on any atom is 0.209 e. The third-order valence-corrected chi connectivity index (χ3v) is 6.84. The second-order valence-electron chi connectivity index (χ2n) is 9.53. The minimum Gasteiger partial charge on any atom is -0.344 e. The summed E-state index contributed by atoms with van der Waals surface area (Å²) in [4.78, 5) is 2.14. The zero-order valence-corrected chi connectivity index (χ0v) is 20.7. The van der Waals surface area contributed by atoms with E-state index in [2.05, 4.69) is 75.3 Å². The number of allylic oxidation sites excluding steroid dienone is 8. The molecular weight excluding hydrogens is 400 g/mol. The molecule has 2 heteroatoms. The highest BCUT2D eigenvalue weighted by Crippen LogP contribution is 2.47. The smallest absolute Gasteiger partial charge is 0.209 e. The van der Waals surface area contributed by atoms with E-state index >= 15 is 0 Å². The van der Waals surface area contributed by atoms with Crippen molar-refractivity contribution in [3.05, 3.63) is 108 Å². The van der Waals surface area contributed by atoms with Crippen molar-refractivity contribution in [1.82, 2.24) is 0 Å². The Kier molecular flexibility index (Phi) is 5.00. The van der Waals surface area contributed by atoms with Crippen LogP contribution in [0.3, 0.4) is 0 Å². The fourth-order valence-electron chi connectivity index (χ4n) is 5.17. The molecule has 2 aliphatic rings. The predicted octanol–water partition coefficient (Wildman–Crippen LogP) is 7.45. The van der Waals surface area contributed by atoms with Crippen molar-refractivity contribution in [2.24, 2.45) is 0 Å². The van der Waals surface area contributed by atoms with Crippen LogP contribution in [0, 0.1) is 0 Å². The van der Waals surface area contributed by atoms with Gasteiger partial charge in [0.25, 0.3) is 0 Å². The van der Waals surface area contributed by atoms with Crippen LogP contribution in [0.25, 0.3) is 0 Å². The summed E-state index contributed by atoms with van der Waals surface area (Å²) in [5.74, 6) is 0. The van der Waals surface area contributed by atoms with Gasteiger partial charge in [-0.15, -0.1) is 0 Å². The minimum atomic E-state index is -0.356. The van der Waals surface area contributed by atoms with E-state index in [-0.39, 0.29) is 35.0 Å².